The number of piperidine rings is 1. The number of aromatic nitrogens is 3. The molecular weight excluding hydrogens is 502 g/mol. The van der Waals surface area contributed by atoms with E-state index in [1.54, 1.807) is 31.4 Å². The molecule has 0 bridgehead atoms. The predicted octanol–water partition coefficient (Wildman–Crippen LogP) is 5.18. The molecule has 2 aromatic heterocycles. The molecule has 6 rings (SSSR count). The first kappa shape index (κ1) is 24.2. The van der Waals surface area contributed by atoms with Crippen LogP contribution in [0.15, 0.2) is 29.2 Å². The molecule has 2 atom stereocenters. The van der Waals surface area contributed by atoms with Gasteiger partial charge in [0.15, 0.2) is 12.4 Å². The number of rotatable bonds is 4. The Bertz CT molecular complexity index is 1430. The summed E-state index contributed by atoms with van der Waals surface area (Å²) in [5, 5.41) is 7.23. The second kappa shape index (κ2) is 9.01. The first-order valence-electron chi connectivity index (χ1n) is 12.7. The molecule has 0 unspecified atom stereocenters. The summed E-state index contributed by atoms with van der Waals surface area (Å²) in [6, 6.07) is 4.29. The molecule has 8 nitrogen and oxygen atoms in total. The number of alkyl halides is 2. The highest BCUT2D eigenvalue weighted by Gasteiger charge is 2.51. The van der Waals surface area contributed by atoms with Gasteiger partial charge in [0.05, 0.1) is 23.4 Å². The SMILES string of the molecule is C[C@H]1CCCN(c2ncc(Cl)c(Nc3ccc4c(c3)c3c(c(=O)n4C)OCC(F)(F)[C@H](C4CC4)N3)n2)C1. The van der Waals surface area contributed by atoms with Gasteiger partial charge in [-0.15, -0.1) is 0 Å². The highest BCUT2D eigenvalue weighted by molar-refractivity contribution is 6.32. The van der Waals surface area contributed by atoms with E-state index in [2.05, 4.69) is 32.4 Å². The third-order valence-corrected chi connectivity index (χ3v) is 7.82. The van der Waals surface area contributed by atoms with Crippen LogP contribution >= 0.6 is 11.6 Å². The second-order valence-corrected chi connectivity index (χ2v) is 10.9. The van der Waals surface area contributed by atoms with E-state index in [1.807, 2.05) is 0 Å². The number of ether oxygens (including phenoxy) is 1. The summed E-state index contributed by atoms with van der Waals surface area (Å²) in [6.45, 7) is 3.16. The number of nitrogens with zero attached hydrogens (tertiary/aromatic N) is 4. The summed E-state index contributed by atoms with van der Waals surface area (Å²) in [5.41, 5.74) is 1.09. The third kappa shape index (κ3) is 4.45. The van der Waals surface area contributed by atoms with E-state index in [1.165, 1.54) is 11.0 Å². The fourth-order valence-corrected chi connectivity index (χ4v) is 5.53. The van der Waals surface area contributed by atoms with Crippen molar-refractivity contribution >= 4 is 45.6 Å². The zero-order chi connectivity index (χ0) is 25.9. The van der Waals surface area contributed by atoms with Crippen LogP contribution in [-0.4, -0.2) is 46.2 Å². The predicted molar refractivity (Wildman–Crippen MR) is 141 cm³/mol. The Hall–Kier alpha value is -3.14. The van der Waals surface area contributed by atoms with Crippen LogP contribution < -0.4 is 25.8 Å². The summed E-state index contributed by atoms with van der Waals surface area (Å²) >= 11 is 6.44. The van der Waals surface area contributed by atoms with E-state index in [9.17, 15) is 13.6 Å². The van der Waals surface area contributed by atoms with E-state index >= 15 is 0 Å². The molecule has 1 aliphatic carbocycles. The Morgan fingerprint density at radius 1 is 1.27 bits per heavy atom. The van der Waals surface area contributed by atoms with Crippen molar-refractivity contribution in [3.8, 4) is 5.75 Å². The second-order valence-electron chi connectivity index (χ2n) is 10.5. The van der Waals surface area contributed by atoms with Gasteiger partial charge in [-0.25, -0.2) is 13.8 Å². The van der Waals surface area contributed by atoms with Crippen molar-refractivity contribution in [3.05, 3.63) is 39.8 Å². The van der Waals surface area contributed by atoms with E-state index in [-0.39, 0.29) is 11.7 Å². The van der Waals surface area contributed by atoms with Gasteiger partial charge in [0, 0.05) is 31.2 Å². The van der Waals surface area contributed by atoms with Crippen molar-refractivity contribution in [1.82, 2.24) is 14.5 Å². The zero-order valence-corrected chi connectivity index (χ0v) is 21.5. The van der Waals surface area contributed by atoms with Crippen LogP contribution in [-0.2, 0) is 7.05 Å². The first-order valence-corrected chi connectivity index (χ1v) is 13.1. The number of pyridine rings is 1. The third-order valence-electron chi connectivity index (χ3n) is 7.54. The van der Waals surface area contributed by atoms with Crippen LogP contribution in [0.4, 0.5) is 31.9 Å². The molecule has 37 heavy (non-hydrogen) atoms. The fraction of sp³-hybridized carbons (Fsp3) is 0.500. The van der Waals surface area contributed by atoms with E-state index in [0.717, 1.165) is 32.4 Å². The maximum Gasteiger partial charge on any atom is 0.301 e. The minimum Gasteiger partial charge on any atom is -0.480 e. The summed E-state index contributed by atoms with van der Waals surface area (Å²) < 4.78 is 36.7. The largest absolute Gasteiger partial charge is 0.480 e. The number of benzene rings is 1. The molecule has 11 heteroatoms. The summed E-state index contributed by atoms with van der Waals surface area (Å²) in [5.74, 6) is -1.71. The maximum atomic E-state index is 14.9. The smallest absolute Gasteiger partial charge is 0.301 e. The molecule has 1 aromatic carbocycles. The lowest BCUT2D eigenvalue weighted by atomic mass is 10.0. The number of halogens is 3. The Morgan fingerprint density at radius 2 is 2.08 bits per heavy atom. The molecular formula is C26H29ClF2N6O2. The van der Waals surface area contributed by atoms with Gasteiger partial charge in [0.25, 0.3) is 5.56 Å². The maximum absolute atomic E-state index is 14.9. The van der Waals surface area contributed by atoms with E-state index < -0.39 is 24.1 Å². The lowest BCUT2D eigenvalue weighted by Crippen LogP contribution is -2.44. The molecule has 2 N–H and O–H groups in total. The molecule has 0 amide bonds. The lowest BCUT2D eigenvalue weighted by Gasteiger charge is -2.31. The molecule has 196 valence electrons. The van der Waals surface area contributed by atoms with Crippen molar-refractivity contribution < 1.29 is 13.5 Å². The van der Waals surface area contributed by atoms with Crippen LogP contribution in [0.2, 0.25) is 5.02 Å². The molecule has 1 saturated carbocycles. The van der Waals surface area contributed by atoms with Crippen molar-refractivity contribution in [3.63, 3.8) is 0 Å². The average Bonchev–Trinajstić information content (AvgIpc) is 3.71. The molecule has 3 aliphatic rings. The van der Waals surface area contributed by atoms with Crippen molar-refractivity contribution in [1.29, 1.82) is 0 Å². The fourth-order valence-electron chi connectivity index (χ4n) is 5.39. The monoisotopic (exact) mass is 530 g/mol. The van der Waals surface area contributed by atoms with Gasteiger partial charge in [0.1, 0.15) is 5.02 Å². The summed E-state index contributed by atoms with van der Waals surface area (Å²) in [6.07, 6.45) is 5.30. The van der Waals surface area contributed by atoms with Crippen LogP contribution in [0.5, 0.6) is 5.75 Å². The molecule has 0 radical (unpaired) electrons. The Kier molecular flexibility index (Phi) is 5.89. The number of fused-ring (bicyclic) bond motifs is 3. The van der Waals surface area contributed by atoms with Crippen molar-refractivity contribution in [2.45, 2.75) is 44.6 Å². The van der Waals surface area contributed by atoms with Crippen LogP contribution in [0.25, 0.3) is 10.9 Å². The zero-order valence-electron chi connectivity index (χ0n) is 20.7. The number of anilines is 4. The Balaban J connectivity index is 1.39. The molecule has 2 aliphatic heterocycles. The average molecular weight is 531 g/mol. The lowest BCUT2D eigenvalue weighted by molar-refractivity contribution is -0.0579. The van der Waals surface area contributed by atoms with Gasteiger partial charge in [-0.2, -0.15) is 4.98 Å². The molecule has 4 heterocycles. The van der Waals surface area contributed by atoms with Crippen molar-refractivity contribution in [2.24, 2.45) is 18.9 Å². The van der Waals surface area contributed by atoms with Crippen LogP contribution in [0.3, 0.4) is 0 Å². The topological polar surface area (TPSA) is 84.3 Å². The van der Waals surface area contributed by atoms with Gasteiger partial charge >= 0.3 is 5.92 Å². The summed E-state index contributed by atoms with van der Waals surface area (Å²) in [4.78, 5) is 24.3. The van der Waals surface area contributed by atoms with Gasteiger partial charge in [-0.3, -0.25) is 4.79 Å². The standard InChI is InChI=1S/C26H29ClF2N6O2/c1-14-4-3-9-35(12-14)25-30-11-18(27)23(33-25)31-16-7-8-19-17(10-16)20-21(24(36)34(19)2)37-13-26(28,29)22(32-20)15-5-6-15/h7-8,10-11,14-15,22,32H,3-6,9,12-13H2,1-2H3,(H,30,31,33)/t14-,22-/m0/s1. The van der Waals surface area contributed by atoms with Crippen molar-refractivity contribution in [2.75, 3.05) is 35.2 Å². The van der Waals surface area contributed by atoms with Gasteiger partial charge < -0.3 is 24.8 Å². The minimum absolute atomic E-state index is 0.0865. The van der Waals surface area contributed by atoms with Gasteiger partial charge in [0.2, 0.25) is 11.7 Å². The molecule has 2 fully saturated rings. The quantitative estimate of drug-likeness (QED) is 0.481. The van der Waals surface area contributed by atoms with Gasteiger partial charge in [-0.05, 0) is 55.7 Å². The highest BCUT2D eigenvalue weighted by Crippen LogP contribution is 2.45. The number of nitrogens with one attached hydrogen (secondary N) is 2. The molecule has 0 spiro atoms. The first-order chi connectivity index (χ1) is 17.7. The van der Waals surface area contributed by atoms with Crippen LogP contribution in [0.1, 0.15) is 32.6 Å². The number of aryl methyl sites for hydroxylation is 1. The summed E-state index contributed by atoms with van der Waals surface area (Å²) in [7, 11) is 1.61. The van der Waals surface area contributed by atoms with E-state index in [4.69, 9.17) is 16.3 Å². The Labute approximate surface area is 218 Å². The molecule has 1 saturated heterocycles. The number of hydrogen-bond donors (Lipinski definition) is 2. The number of hydrogen-bond acceptors (Lipinski definition) is 7. The molecule has 3 aromatic rings. The van der Waals surface area contributed by atoms with Gasteiger partial charge in [-0.1, -0.05) is 18.5 Å². The highest BCUT2D eigenvalue weighted by atomic mass is 35.5. The van der Waals surface area contributed by atoms with E-state index in [0.29, 0.717) is 45.0 Å². The minimum atomic E-state index is -3.09. The van der Waals surface area contributed by atoms with Crippen LogP contribution in [0, 0.1) is 11.8 Å². The normalized spacial score (nSPS) is 23.1. The Morgan fingerprint density at radius 3 is 2.84 bits per heavy atom.